The predicted octanol–water partition coefficient (Wildman–Crippen LogP) is 1.48. The molecule has 2 aliphatic rings. The maximum absolute atomic E-state index is 5.85. The van der Waals surface area contributed by atoms with Gasteiger partial charge in [0.2, 0.25) is 0 Å². The van der Waals surface area contributed by atoms with Crippen LogP contribution in [0.1, 0.15) is 30.5 Å². The summed E-state index contributed by atoms with van der Waals surface area (Å²) < 4.78 is 7.86. The normalized spacial score (nSPS) is 29.5. The molecule has 0 bridgehead atoms. The second-order valence-electron chi connectivity index (χ2n) is 5.28. The molecule has 1 aromatic rings. The molecule has 3 rings (SSSR count). The van der Waals surface area contributed by atoms with E-state index in [1.54, 1.807) is 0 Å². The molecular formula is C13H21N3O. The molecule has 2 heterocycles. The minimum atomic E-state index is 0.484. The van der Waals surface area contributed by atoms with Crippen molar-refractivity contribution in [2.75, 3.05) is 13.2 Å². The Bertz CT molecular complexity index is 382. The highest BCUT2D eigenvalue weighted by Gasteiger charge is 2.36. The van der Waals surface area contributed by atoms with Gasteiger partial charge in [-0.2, -0.15) is 5.10 Å². The van der Waals surface area contributed by atoms with E-state index in [0.29, 0.717) is 12.1 Å². The Hall–Kier alpha value is -0.870. The predicted molar refractivity (Wildman–Crippen MR) is 65.7 cm³/mol. The molecular weight excluding hydrogens is 214 g/mol. The zero-order valence-corrected chi connectivity index (χ0v) is 10.7. The van der Waals surface area contributed by atoms with Gasteiger partial charge in [-0.25, -0.2) is 0 Å². The Morgan fingerprint density at radius 1 is 1.47 bits per heavy atom. The Morgan fingerprint density at radius 2 is 2.35 bits per heavy atom. The van der Waals surface area contributed by atoms with Gasteiger partial charge in [-0.1, -0.05) is 0 Å². The largest absolute Gasteiger partial charge is 0.375 e. The first-order valence-corrected chi connectivity index (χ1v) is 6.59. The molecule has 4 nitrogen and oxygen atoms in total. The summed E-state index contributed by atoms with van der Waals surface area (Å²) in [5, 5.41) is 4.33. The molecule has 1 aromatic heterocycles. The van der Waals surface area contributed by atoms with Gasteiger partial charge >= 0.3 is 0 Å². The molecule has 0 amide bonds. The molecule has 1 saturated carbocycles. The molecule has 2 atom stereocenters. The molecule has 4 heteroatoms. The molecule has 0 spiro atoms. The van der Waals surface area contributed by atoms with Gasteiger partial charge < -0.3 is 4.74 Å². The van der Waals surface area contributed by atoms with Crippen LogP contribution in [0.3, 0.4) is 0 Å². The van der Waals surface area contributed by atoms with Crippen molar-refractivity contribution in [1.82, 2.24) is 14.7 Å². The van der Waals surface area contributed by atoms with Crippen molar-refractivity contribution in [3.8, 4) is 0 Å². The fourth-order valence-corrected chi connectivity index (χ4v) is 3.19. The number of aromatic nitrogens is 2. The first kappa shape index (κ1) is 11.2. The number of ether oxygens (including phenoxy) is 1. The van der Waals surface area contributed by atoms with Gasteiger partial charge in [0, 0.05) is 26.2 Å². The molecule has 1 saturated heterocycles. The fraction of sp³-hybridized carbons (Fsp3) is 0.769. The van der Waals surface area contributed by atoms with E-state index in [1.807, 2.05) is 17.9 Å². The maximum atomic E-state index is 5.85. The van der Waals surface area contributed by atoms with Crippen LogP contribution in [-0.4, -0.2) is 40.0 Å². The zero-order chi connectivity index (χ0) is 11.8. The zero-order valence-electron chi connectivity index (χ0n) is 10.7. The van der Waals surface area contributed by atoms with Crippen LogP contribution in [0, 0.1) is 6.92 Å². The van der Waals surface area contributed by atoms with Gasteiger partial charge in [-0.3, -0.25) is 9.58 Å². The standard InChI is InChI=1S/C13H21N3O/c1-10-8-14-15(2)12(10)9-16-6-7-17-13-5-3-4-11(13)16/h8,11,13H,3-7,9H2,1-2H3. The third kappa shape index (κ3) is 2.00. The first-order chi connectivity index (χ1) is 8.25. The summed E-state index contributed by atoms with van der Waals surface area (Å²) in [7, 11) is 2.04. The van der Waals surface area contributed by atoms with Crippen molar-refractivity contribution in [2.24, 2.45) is 7.05 Å². The van der Waals surface area contributed by atoms with Crippen LogP contribution in [0.2, 0.25) is 0 Å². The summed E-state index contributed by atoms with van der Waals surface area (Å²) in [4.78, 5) is 2.59. The van der Waals surface area contributed by atoms with Crippen molar-refractivity contribution >= 4 is 0 Å². The average Bonchev–Trinajstić information content (AvgIpc) is 2.91. The van der Waals surface area contributed by atoms with Crippen LogP contribution in [0.15, 0.2) is 6.20 Å². The van der Waals surface area contributed by atoms with Crippen molar-refractivity contribution in [3.63, 3.8) is 0 Å². The lowest BCUT2D eigenvalue weighted by molar-refractivity contribution is -0.0595. The Morgan fingerprint density at radius 3 is 3.12 bits per heavy atom. The highest BCUT2D eigenvalue weighted by atomic mass is 16.5. The monoisotopic (exact) mass is 235 g/mol. The van der Waals surface area contributed by atoms with E-state index >= 15 is 0 Å². The third-order valence-corrected chi connectivity index (χ3v) is 4.22. The van der Waals surface area contributed by atoms with E-state index in [9.17, 15) is 0 Å². The Balaban J connectivity index is 1.76. The molecule has 0 radical (unpaired) electrons. The molecule has 94 valence electrons. The topological polar surface area (TPSA) is 30.3 Å². The van der Waals surface area contributed by atoms with Crippen LogP contribution >= 0.6 is 0 Å². The lowest BCUT2D eigenvalue weighted by atomic mass is 10.1. The van der Waals surface area contributed by atoms with E-state index < -0.39 is 0 Å². The van der Waals surface area contributed by atoms with Crippen molar-refractivity contribution < 1.29 is 4.74 Å². The first-order valence-electron chi connectivity index (χ1n) is 6.59. The number of hydrogen-bond acceptors (Lipinski definition) is 3. The SMILES string of the molecule is Cc1cnn(C)c1CN1CCOC2CCCC21. The van der Waals surface area contributed by atoms with Crippen molar-refractivity contribution in [3.05, 3.63) is 17.5 Å². The van der Waals surface area contributed by atoms with Gasteiger partial charge in [-0.05, 0) is 31.7 Å². The average molecular weight is 235 g/mol. The van der Waals surface area contributed by atoms with Crippen LogP contribution < -0.4 is 0 Å². The number of hydrogen-bond donors (Lipinski definition) is 0. The number of rotatable bonds is 2. The molecule has 0 N–H and O–H groups in total. The Labute approximate surface area is 103 Å². The number of aryl methyl sites for hydroxylation is 2. The van der Waals surface area contributed by atoms with E-state index in [0.717, 1.165) is 19.7 Å². The van der Waals surface area contributed by atoms with E-state index in [2.05, 4.69) is 16.9 Å². The maximum Gasteiger partial charge on any atom is 0.0731 e. The van der Waals surface area contributed by atoms with Gasteiger partial charge in [0.25, 0.3) is 0 Å². The van der Waals surface area contributed by atoms with Crippen LogP contribution in [0.25, 0.3) is 0 Å². The minimum absolute atomic E-state index is 0.484. The number of fused-ring (bicyclic) bond motifs is 1. The number of nitrogens with zero attached hydrogens (tertiary/aromatic N) is 3. The summed E-state index contributed by atoms with van der Waals surface area (Å²) in [6.07, 6.45) is 6.29. The summed E-state index contributed by atoms with van der Waals surface area (Å²) in [6.45, 7) is 5.12. The van der Waals surface area contributed by atoms with Crippen LogP contribution in [-0.2, 0) is 18.3 Å². The molecule has 0 aromatic carbocycles. The van der Waals surface area contributed by atoms with Gasteiger partial charge in [0.1, 0.15) is 0 Å². The van der Waals surface area contributed by atoms with Gasteiger partial charge in [0.05, 0.1) is 24.6 Å². The van der Waals surface area contributed by atoms with Gasteiger partial charge in [0.15, 0.2) is 0 Å². The molecule has 1 aliphatic heterocycles. The number of morpholine rings is 1. The lowest BCUT2D eigenvalue weighted by Gasteiger charge is -2.37. The van der Waals surface area contributed by atoms with Crippen LogP contribution in [0.4, 0.5) is 0 Å². The summed E-state index contributed by atoms with van der Waals surface area (Å²) in [6, 6.07) is 0.637. The highest BCUT2D eigenvalue weighted by Crippen LogP contribution is 2.30. The van der Waals surface area contributed by atoms with Crippen molar-refractivity contribution in [2.45, 2.75) is 44.9 Å². The van der Waals surface area contributed by atoms with E-state index in [-0.39, 0.29) is 0 Å². The van der Waals surface area contributed by atoms with Crippen molar-refractivity contribution in [1.29, 1.82) is 0 Å². The second-order valence-corrected chi connectivity index (χ2v) is 5.28. The second kappa shape index (κ2) is 4.42. The van der Waals surface area contributed by atoms with Crippen LogP contribution in [0.5, 0.6) is 0 Å². The molecule has 1 aliphatic carbocycles. The Kier molecular flexibility index (Phi) is 2.92. The summed E-state index contributed by atoms with van der Waals surface area (Å²) >= 11 is 0. The molecule has 2 fully saturated rings. The smallest absolute Gasteiger partial charge is 0.0731 e. The summed E-state index contributed by atoms with van der Waals surface area (Å²) in [5.41, 5.74) is 2.64. The molecule has 2 unspecified atom stereocenters. The van der Waals surface area contributed by atoms with E-state index in [4.69, 9.17) is 4.74 Å². The fourth-order valence-electron chi connectivity index (χ4n) is 3.19. The highest BCUT2D eigenvalue weighted by molar-refractivity contribution is 5.15. The summed E-state index contributed by atoms with van der Waals surface area (Å²) in [5.74, 6) is 0. The van der Waals surface area contributed by atoms with Gasteiger partial charge in [-0.15, -0.1) is 0 Å². The molecule has 17 heavy (non-hydrogen) atoms. The van der Waals surface area contributed by atoms with E-state index in [1.165, 1.54) is 30.5 Å². The third-order valence-electron chi connectivity index (χ3n) is 4.22. The lowest BCUT2D eigenvalue weighted by Crippen LogP contribution is -2.48. The minimum Gasteiger partial charge on any atom is -0.375 e. The quantitative estimate of drug-likeness (QED) is 0.778.